The van der Waals surface area contributed by atoms with Gasteiger partial charge in [-0.2, -0.15) is 0 Å². The molecule has 3 aliphatic heterocycles. The predicted octanol–water partition coefficient (Wildman–Crippen LogP) is 1.37. The first-order valence-corrected chi connectivity index (χ1v) is 7.65. The lowest BCUT2D eigenvalue weighted by Crippen LogP contribution is -2.47. The van der Waals surface area contributed by atoms with Gasteiger partial charge < -0.3 is 14.4 Å². The van der Waals surface area contributed by atoms with Crippen molar-refractivity contribution in [3.05, 3.63) is 29.6 Å². The molecule has 118 valence electrons. The number of rotatable bonds is 3. The molecule has 0 N–H and O–H groups in total. The number of hydrogen-bond donors (Lipinski definition) is 0. The Hall–Kier alpha value is -1.66. The van der Waals surface area contributed by atoms with E-state index < -0.39 is 5.72 Å². The van der Waals surface area contributed by atoms with Crippen LogP contribution in [0.5, 0.6) is 5.75 Å². The molecule has 0 aliphatic carbocycles. The van der Waals surface area contributed by atoms with Crippen molar-refractivity contribution in [2.75, 3.05) is 26.8 Å². The zero-order valence-electron chi connectivity index (χ0n) is 12.5. The third kappa shape index (κ3) is 1.87. The number of carbonyl (C=O) groups excluding carboxylic acids is 1. The van der Waals surface area contributed by atoms with Crippen LogP contribution in [0, 0.1) is 5.82 Å². The molecule has 3 fully saturated rings. The molecule has 6 heteroatoms. The van der Waals surface area contributed by atoms with Gasteiger partial charge in [-0.05, 0) is 17.7 Å². The van der Waals surface area contributed by atoms with E-state index in [0.29, 0.717) is 26.1 Å². The van der Waals surface area contributed by atoms with Gasteiger partial charge in [0.2, 0.25) is 5.91 Å². The molecule has 1 spiro atoms. The zero-order chi connectivity index (χ0) is 15.3. The lowest BCUT2D eigenvalue weighted by Gasteiger charge is -2.31. The molecule has 3 heterocycles. The minimum Gasteiger partial charge on any atom is -0.494 e. The summed E-state index contributed by atoms with van der Waals surface area (Å²) in [5.74, 6) is 0.0752. The number of methoxy groups -OCH3 is 1. The van der Waals surface area contributed by atoms with E-state index in [1.807, 2.05) is 11.0 Å². The average Bonchev–Trinajstić information content (AvgIpc) is 3.13. The van der Waals surface area contributed by atoms with Crippen molar-refractivity contribution in [3.63, 3.8) is 0 Å². The fourth-order valence-electron chi connectivity index (χ4n) is 4.11. The molecular formula is C16H19FN2O3. The number of likely N-dealkylation sites (tertiary alicyclic amines) is 1. The van der Waals surface area contributed by atoms with E-state index in [1.165, 1.54) is 13.2 Å². The van der Waals surface area contributed by atoms with Crippen LogP contribution in [0.3, 0.4) is 0 Å². The highest BCUT2D eigenvalue weighted by molar-refractivity contribution is 5.81. The van der Waals surface area contributed by atoms with Gasteiger partial charge in [0.05, 0.1) is 19.8 Å². The van der Waals surface area contributed by atoms with E-state index in [2.05, 4.69) is 4.90 Å². The molecular weight excluding hydrogens is 287 g/mol. The number of carbonyl (C=O) groups is 1. The molecule has 1 amide bonds. The maximum Gasteiger partial charge on any atom is 0.226 e. The van der Waals surface area contributed by atoms with Gasteiger partial charge in [0, 0.05) is 32.5 Å². The summed E-state index contributed by atoms with van der Waals surface area (Å²) in [6, 6.07) is 5.10. The Bertz CT molecular complexity index is 623. The Morgan fingerprint density at radius 2 is 2.32 bits per heavy atom. The standard InChI is InChI=1S/C16H19FN2O3/c1-21-13-3-2-11(8-12(13)17)10-18-5-4-16-14(18)9-15(20)19(16)6-7-22-16/h2-3,8,14H,4-7,9-10H2,1H3/t14-,16+/m1/s1. The van der Waals surface area contributed by atoms with Crippen LogP contribution in [0.15, 0.2) is 18.2 Å². The maximum absolute atomic E-state index is 13.8. The Balaban J connectivity index is 1.55. The Labute approximate surface area is 128 Å². The number of halogens is 1. The zero-order valence-corrected chi connectivity index (χ0v) is 12.5. The molecule has 0 radical (unpaired) electrons. The molecule has 1 aromatic carbocycles. The molecule has 0 saturated carbocycles. The Kier molecular flexibility index (Phi) is 3.13. The summed E-state index contributed by atoms with van der Waals surface area (Å²) in [5.41, 5.74) is 0.460. The predicted molar refractivity (Wildman–Crippen MR) is 76.8 cm³/mol. The van der Waals surface area contributed by atoms with Crippen LogP contribution < -0.4 is 4.74 Å². The maximum atomic E-state index is 13.8. The number of benzene rings is 1. The lowest BCUT2D eigenvalue weighted by molar-refractivity contribution is -0.136. The van der Waals surface area contributed by atoms with Crippen LogP contribution in [0.2, 0.25) is 0 Å². The van der Waals surface area contributed by atoms with Crippen molar-refractivity contribution in [1.82, 2.24) is 9.80 Å². The van der Waals surface area contributed by atoms with E-state index >= 15 is 0 Å². The highest BCUT2D eigenvalue weighted by Gasteiger charge is 2.61. The summed E-state index contributed by atoms with van der Waals surface area (Å²) in [5, 5.41) is 0. The van der Waals surface area contributed by atoms with Gasteiger partial charge in [-0.15, -0.1) is 0 Å². The smallest absolute Gasteiger partial charge is 0.226 e. The van der Waals surface area contributed by atoms with E-state index in [-0.39, 0.29) is 23.5 Å². The van der Waals surface area contributed by atoms with Crippen LogP contribution in [0.4, 0.5) is 4.39 Å². The third-order valence-corrected chi connectivity index (χ3v) is 5.11. The largest absolute Gasteiger partial charge is 0.494 e. The minimum atomic E-state index is -0.428. The van der Waals surface area contributed by atoms with Crippen LogP contribution in [0.1, 0.15) is 18.4 Å². The summed E-state index contributed by atoms with van der Waals surface area (Å²) in [6.45, 7) is 2.80. The summed E-state index contributed by atoms with van der Waals surface area (Å²) >= 11 is 0. The van der Waals surface area contributed by atoms with Crippen LogP contribution in [-0.2, 0) is 16.1 Å². The van der Waals surface area contributed by atoms with E-state index in [9.17, 15) is 9.18 Å². The second kappa shape index (κ2) is 4.93. The van der Waals surface area contributed by atoms with Crippen molar-refractivity contribution in [3.8, 4) is 5.75 Å². The highest BCUT2D eigenvalue weighted by atomic mass is 19.1. The molecule has 2 atom stereocenters. The molecule has 3 aliphatic rings. The highest BCUT2D eigenvalue weighted by Crippen LogP contribution is 2.45. The van der Waals surface area contributed by atoms with Gasteiger partial charge >= 0.3 is 0 Å². The van der Waals surface area contributed by atoms with Crippen molar-refractivity contribution in [2.45, 2.75) is 31.2 Å². The molecule has 0 aromatic heterocycles. The number of ether oxygens (including phenoxy) is 2. The lowest BCUT2D eigenvalue weighted by atomic mass is 10.1. The summed E-state index contributed by atoms with van der Waals surface area (Å²) in [4.78, 5) is 16.3. The van der Waals surface area contributed by atoms with Crippen molar-refractivity contribution in [2.24, 2.45) is 0 Å². The van der Waals surface area contributed by atoms with Crippen LogP contribution >= 0.6 is 0 Å². The molecule has 5 nitrogen and oxygen atoms in total. The molecule has 0 unspecified atom stereocenters. The number of amides is 1. The molecule has 0 bridgehead atoms. The van der Waals surface area contributed by atoms with Gasteiger partial charge in [0.25, 0.3) is 0 Å². The molecule has 22 heavy (non-hydrogen) atoms. The monoisotopic (exact) mass is 306 g/mol. The number of nitrogens with zero attached hydrogens (tertiary/aromatic N) is 2. The first-order chi connectivity index (χ1) is 10.6. The molecule has 1 aromatic rings. The summed E-state index contributed by atoms with van der Waals surface area (Å²) < 4.78 is 24.7. The second-order valence-electron chi connectivity index (χ2n) is 6.15. The SMILES string of the molecule is COc1ccc(CN2CC[C@@]34OCCN3C(=O)C[C@@H]24)cc1F. The van der Waals surface area contributed by atoms with Gasteiger partial charge in [-0.25, -0.2) is 4.39 Å². The van der Waals surface area contributed by atoms with Crippen LogP contribution in [-0.4, -0.2) is 54.3 Å². The Morgan fingerprint density at radius 3 is 3.09 bits per heavy atom. The third-order valence-electron chi connectivity index (χ3n) is 5.11. The van der Waals surface area contributed by atoms with Gasteiger partial charge in [-0.1, -0.05) is 6.07 Å². The van der Waals surface area contributed by atoms with Crippen molar-refractivity contribution < 1.29 is 18.7 Å². The van der Waals surface area contributed by atoms with Crippen LogP contribution in [0.25, 0.3) is 0 Å². The number of hydrogen-bond acceptors (Lipinski definition) is 4. The fraction of sp³-hybridized carbons (Fsp3) is 0.562. The summed E-state index contributed by atoms with van der Waals surface area (Å²) in [6.07, 6.45) is 1.33. The quantitative estimate of drug-likeness (QED) is 0.846. The topological polar surface area (TPSA) is 42.0 Å². The first kappa shape index (κ1) is 14.0. The van der Waals surface area contributed by atoms with E-state index in [4.69, 9.17) is 9.47 Å². The average molecular weight is 306 g/mol. The van der Waals surface area contributed by atoms with Crippen molar-refractivity contribution >= 4 is 5.91 Å². The van der Waals surface area contributed by atoms with E-state index in [0.717, 1.165) is 18.5 Å². The molecule has 3 saturated heterocycles. The van der Waals surface area contributed by atoms with Gasteiger partial charge in [-0.3, -0.25) is 9.69 Å². The Morgan fingerprint density at radius 1 is 1.45 bits per heavy atom. The van der Waals surface area contributed by atoms with E-state index in [1.54, 1.807) is 6.07 Å². The van der Waals surface area contributed by atoms with Gasteiger partial charge in [0.15, 0.2) is 17.3 Å². The second-order valence-corrected chi connectivity index (χ2v) is 6.15. The van der Waals surface area contributed by atoms with Gasteiger partial charge in [0.1, 0.15) is 0 Å². The fourth-order valence-corrected chi connectivity index (χ4v) is 4.11. The summed E-state index contributed by atoms with van der Waals surface area (Å²) in [7, 11) is 1.46. The normalized spacial score (nSPS) is 30.7. The van der Waals surface area contributed by atoms with Crippen molar-refractivity contribution in [1.29, 1.82) is 0 Å². The first-order valence-electron chi connectivity index (χ1n) is 7.65. The molecule has 4 rings (SSSR count). The minimum absolute atomic E-state index is 0.0765.